The zero-order valence-corrected chi connectivity index (χ0v) is 22.5. The lowest BCUT2D eigenvalue weighted by molar-refractivity contribution is -0.136. The summed E-state index contributed by atoms with van der Waals surface area (Å²) in [4.78, 5) is 29.6. The minimum absolute atomic E-state index is 0.0192. The lowest BCUT2D eigenvalue weighted by atomic mass is 10.1. The van der Waals surface area contributed by atoms with Crippen LogP contribution >= 0.6 is 34.7 Å². The number of amides is 1. The van der Waals surface area contributed by atoms with Crippen LogP contribution in [-0.2, 0) is 11.3 Å². The van der Waals surface area contributed by atoms with Crippen LogP contribution in [0.1, 0.15) is 22.3 Å². The Morgan fingerprint density at radius 3 is 2.41 bits per heavy atom. The monoisotopic (exact) mass is 591 g/mol. The van der Waals surface area contributed by atoms with Gasteiger partial charge in [-0.1, -0.05) is 35.9 Å². The summed E-state index contributed by atoms with van der Waals surface area (Å²) in [6, 6.07) is 20.1. The number of nitrogens with zero attached hydrogens (tertiary/aromatic N) is 2. The van der Waals surface area contributed by atoms with Gasteiger partial charge in [0.25, 0.3) is 5.91 Å². The molecule has 0 saturated carbocycles. The van der Waals surface area contributed by atoms with Crippen LogP contribution in [0.2, 0.25) is 5.02 Å². The molecule has 3 aromatic carbocycles. The summed E-state index contributed by atoms with van der Waals surface area (Å²) < 4.78 is 38.5. The molecule has 1 amide bonds. The van der Waals surface area contributed by atoms with Crippen LogP contribution in [-0.4, -0.2) is 34.0 Å². The average Bonchev–Trinajstić information content (AvgIpc) is 3.37. The molecule has 0 unspecified atom stereocenters. The molecule has 12 heteroatoms. The van der Waals surface area contributed by atoms with Gasteiger partial charge >= 0.3 is 11.5 Å². The van der Waals surface area contributed by atoms with Gasteiger partial charge in [-0.2, -0.15) is 13.2 Å². The Kier molecular flexibility index (Phi) is 9.16. The van der Waals surface area contributed by atoms with E-state index in [0.717, 1.165) is 11.1 Å². The van der Waals surface area contributed by atoms with Crippen LogP contribution in [0.3, 0.4) is 0 Å². The van der Waals surface area contributed by atoms with Crippen molar-refractivity contribution in [2.75, 3.05) is 11.4 Å². The number of thiazole rings is 1. The van der Waals surface area contributed by atoms with Crippen molar-refractivity contribution in [3.8, 4) is 11.3 Å². The Balaban J connectivity index is 1.59. The summed E-state index contributed by atoms with van der Waals surface area (Å²) >= 11 is 7.33. The molecule has 1 aromatic heterocycles. The number of hydrogen-bond acceptors (Lipinski definition) is 6. The highest BCUT2D eigenvalue weighted by Gasteiger charge is 2.29. The van der Waals surface area contributed by atoms with E-state index >= 15 is 0 Å². The number of aromatic nitrogens is 1. The Morgan fingerprint density at radius 1 is 1.05 bits per heavy atom. The fourth-order valence-corrected chi connectivity index (χ4v) is 5.18. The first-order valence-corrected chi connectivity index (χ1v) is 13.6. The van der Waals surface area contributed by atoms with E-state index in [1.54, 1.807) is 48.5 Å². The smallest absolute Gasteiger partial charge is 0.446 e. The van der Waals surface area contributed by atoms with E-state index in [4.69, 9.17) is 21.7 Å². The molecule has 202 valence electrons. The van der Waals surface area contributed by atoms with Crippen molar-refractivity contribution >= 4 is 57.4 Å². The fourth-order valence-electron chi connectivity index (χ4n) is 3.59. The number of carboxylic acids is 1. The molecule has 39 heavy (non-hydrogen) atoms. The molecule has 0 atom stereocenters. The SMILES string of the molecule is O=C(O)CCNC(=O)c1ccc(CN(c2ccc(SC(F)(F)F)cc2)c2nc(-c3cccc(Cl)c3)cs2)cc1. The highest BCUT2D eigenvalue weighted by Crippen LogP contribution is 2.39. The van der Waals surface area contributed by atoms with Crippen LogP contribution in [0, 0.1) is 0 Å². The van der Waals surface area contributed by atoms with Crippen LogP contribution in [0.25, 0.3) is 11.3 Å². The second-order valence-electron chi connectivity index (χ2n) is 8.25. The number of thioether (sulfide) groups is 1. The molecule has 1 heterocycles. The van der Waals surface area contributed by atoms with Crippen molar-refractivity contribution in [2.24, 2.45) is 0 Å². The predicted octanol–water partition coefficient (Wildman–Crippen LogP) is 7.62. The fraction of sp³-hybridized carbons (Fsp3) is 0.148. The number of carboxylic acid groups (broad SMARTS) is 1. The molecule has 4 rings (SSSR count). The van der Waals surface area contributed by atoms with E-state index in [-0.39, 0.29) is 35.5 Å². The molecule has 2 N–H and O–H groups in total. The van der Waals surface area contributed by atoms with Crippen LogP contribution in [0.15, 0.2) is 83.1 Å². The molecule has 0 spiro atoms. The summed E-state index contributed by atoms with van der Waals surface area (Å²) in [6.07, 6.45) is -0.177. The van der Waals surface area contributed by atoms with Gasteiger partial charge in [0, 0.05) is 38.7 Å². The summed E-state index contributed by atoms with van der Waals surface area (Å²) in [6.45, 7) is 0.348. The Hall–Kier alpha value is -3.54. The van der Waals surface area contributed by atoms with Crippen molar-refractivity contribution in [3.05, 3.63) is 94.3 Å². The van der Waals surface area contributed by atoms with E-state index < -0.39 is 11.5 Å². The van der Waals surface area contributed by atoms with Crippen molar-refractivity contribution in [3.63, 3.8) is 0 Å². The maximum atomic E-state index is 12.8. The number of aliphatic carboxylic acids is 1. The van der Waals surface area contributed by atoms with Gasteiger partial charge in [-0.05, 0) is 65.9 Å². The number of nitrogens with one attached hydrogen (secondary N) is 1. The van der Waals surface area contributed by atoms with E-state index in [0.29, 0.717) is 33.6 Å². The molecule has 0 bridgehead atoms. The van der Waals surface area contributed by atoms with Gasteiger partial charge in [-0.25, -0.2) is 4.98 Å². The number of benzene rings is 3. The van der Waals surface area contributed by atoms with Crippen LogP contribution in [0.4, 0.5) is 24.0 Å². The van der Waals surface area contributed by atoms with Crippen molar-refractivity contribution in [1.29, 1.82) is 0 Å². The topological polar surface area (TPSA) is 82.5 Å². The molecular weight excluding hydrogens is 571 g/mol. The number of halogens is 4. The van der Waals surface area contributed by atoms with Gasteiger partial charge < -0.3 is 15.3 Å². The van der Waals surface area contributed by atoms with Gasteiger partial charge in [0.1, 0.15) is 0 Å². The second-order valence-corrected chi connectivity index (χ2v) is 10.7. The Bertz CT molecular complexity index is 1450. The number of carbonyl (C=O) groups is 2. The first kappa shape index (κ1) is 28.5. The minimum Gasteiger partial charge on any atom is -0.481 e. The maximum Gasteiger partial charge on any atom is 0.446 e. The minimum atomic E-state index is -4.38. The molecular formula is C27H21ClF3N3O3S2. The van der Waals surface area contributed by atoms with Crippen LogP contribution < -0.4 is 10.2 Å². The molecule has 6 nitrogen and oxygen atoms in total. The third kappa shape index (κ3) is 8.22. The molecule has 0 aliphatic heterocycles. The Labute approximate surface area is 235 Å². The van der Waals surface area contributed by atoms with Gasteiger partial charge in [0.15, 0.2) is 5.13 Å². The zero-order valence-electron chi connectivity index (χ0n) is 20.1. The van der Waals surface area contributed by atoms with Crippen molar-refractivity contribution in [2.45, 2.75) is 23.4 Å². The third-order valence-electron chi connectivity index (χ3n) is 5.41. The standard InChI is InChI=1S/C27H21ClF3N3O3S2/c28-20-3-1-2-19(14-20)23-16-38-26(33-23)34(21-8-10-22(11-9-21)39-27(29,30)31)15-17-4-6-18(7-5-17)25(37)32-13-12-24(35)36/h1-11,14,16H,12-13,15H2,(H,32,37)(H,35,36). The van der Waals surface area contributed by atoms with E-state index in [2.05, 4.69) is 5.32 Å². The summed E-state index contributed by atoms with van der Waals surface area (Å²) in [7, 11) is 0. The van der Waals surface area contributed by atoms with E-state index in [9.17, 15) is 22.8 Å². The first-order valence-electron chi connectivity index (χ1n) is 11.5. The highest BCUT2D eigenvalue weighted by atomic mass is 35.5. The highest BCUT2D eigenvalue weighted by molar-refractivity contribution is 8.00. The lowest BCUT2D eigenvalue weighted by Crippen LogP contribution is -2.26. The predicted molar refractivity (Wildman–Crippen MR) is 148 cm³/mol. The molecule has 4 aromatic rings. The summed E-state index contributed by atoms with van der Waals surface area (Å²) in [5.41, 5.74) is -0.999. The van der Waals surface area contributed by atoms with Crippen molar-refractivity contribution < 1.29 is 27.9 Å². The molecule has 0 fully saturated rings. The summed E-state index contributed by atoms with van der Waals surface area (Å²) in [5.74, 6) is -1.39. The molecule has 0 aliphatic carbocycles. The van der Waals surface area contributed by atoms with Gasteiger partial charge in [-0.3, -0.25) is 9.59 Å². The van der Waals surface area contributed by atoms with Gasteiger partial charge in [0.05, 0.1) is 18.7 Å². The normalized spacial score (nSPS) is 11.3. The summed E-state index contributed by atoms with van der Waals surface area (Å²) in [5, 5.41) is 14.4. The number of hydrogen-bond donors (Lipinski definition) is 2. The number of carbonyl (C=O) groups excluding carboxylic acids is 1. The third-order valence-corrected chi connectivity index (χ3v) is 7.24. The van der Waals surface area contributed by atoms with Gasteiger partial charge in [0.2, 0.25) is 0 Å². The maximum absolute atomic E-state index is 12.8. The zero-order chi connectivity index (χ0) is 28.0. The molecule has 0 aliphatic rings. The number of rotatable bonds is 10. The van der Waals surface area contributed by atoms with E-state index in [1.165, 1.54) is 23.5 Å². The molecule has 0 saturated heterocycles. The average molecular weight is 592 g/mol. The van der Waals surface area contributed by atoms with Gasteiger partial charge in [-0.15, -0.1) is 11.3 Å². The first-order chi connectivity index (χ1) is 18.6. The molecule has 0 radical (unpaired) electrons. The second kappa shape index (κ2) is 12.5. The van der Waals surface area contributed by atoms with E-state index in [1.807, 2.05) is 22.4 Å². The van der Waals surface area contributed by atoms with Crippen LogP contribution in [0.5, 0.6) is 0 Å². The number of alkyl halides is 3. The lowest BCUT2D eigenvalue weighted by Gasteiger charge is -2.23. The number of anilines is 2. The Morgan fingerprint density at radius 2 is 1.77 bits per heavy atom. The van der Waals surface area contributed by atoms with Crippen molar-refractivity contribution in [1.82, 2.24) is 10.3 Å². The largest absolute Gasteiger partial charge is 0.481 e. The quantitative estimate of drug-likeness (QED) is 0.185.